The molecule has 450 valence electrons. The zero-order valence-electron chi connectivity index (χ0n) is 47.7. The van der Waals surface area contributed by atoms with Gasteiger partial charge in [0, 0.05) is 10.8 Å². The summed E-state index contributed by atoms with van der Waals surface area (Å²) >= 11 is 0. The standard InChI is InChI=1S/C33H36F6O3.C32H34F6O3/c1-6-30(7-2,26-13-12-24(21(3)18-26)16-17-31(41,32(34,35)36)33(37,38)39)27-14-15-28(22(4)19-27)25-10-8-23(9-11-25)20-29(40)42-5;1-5-29(6-2,26-13-14-27(21(4)18-26)24-9-7-22(8-10-24)19-28(39)40)25-12-11-23(20(3)17-25)15-16-30(41,31(33,34)35)32(36,37)38/h8-15,18-19,41H,6-7,16-17,20H2,1-5H3;7-14,17-18,41H,5-6,15-16,19H2,1-4H3,(H,39,40). The second-order valence-electron chi connectivity index (χ2n) is 21.3. The van der Waals surface area contributed by atoms with Gasteiger partial charge in [-0.25, -0.2) is 0 Å². The number of carbonyl (C=O) groups excluding carboxylic acids is 1. The molecule has 0 unspecified atom stereocenters. The molecule has 0 spiro atoms. The van der Waals surface area contributed by atoms with Gasteiger partial charge in [0.25, 0.3) is 11.2 Å². The molecule has 0 aliphatic heterocycles. The summed E-state index contributed by atoms with van der Waals surface area (Å²) < 4.78 is 163. The second kappa shape index (κ2) is 26.1. The molecule has 0 saturated carbocycles. The van der Waals surface area contributed by atoms with Crippen molar-refractivity contribution in [2.75, 3.05) is 7.11 Å². The van der Waals surface area contributed by atoms with E-state index in [1.165, 1.54) is 7.11 Å². The molecule has 0 bridgehead atoms. The molecule has 0 radical (unpaired) electrons. The van der Waals surface area contributed by atoms with Crippen LogP contribution in [0.2, 0.25) is 0 Å². The van der Waals surface area contributed by atoms with Crippen molar-refractivity contribution in [3.05, 3.63) is 188 Å². The van der Waals surface area contributed by atoms with Gasteiger partial charge in [0.05, 0.1) is 20.0 Å². The number of methoxy groups -OCH3 is 1. The lowest BCUT2D eigenvalue weighted by molar-refractivity contribution is -0.370. The van der Waals surface area contributed by atoms with Gasteiger partial charge in [-0.15, -0.1) is 0 Å². The smallest absolute Gasteiger partial charge is 0.426 e. The van der Waals surface area contributed by atoms with E-state index in [0.29, 0.717) is 53.5 Å². The lowest BCUT2D eigenvalue weighted by Gasteiger charge is -2.35. The van der Waals surface area contributed by atoms with E-state index in [1.54, 1.807) is 50.2 Å². The first-order valence-electron chi connectivity index (χ1n) is 27.1. The third kappa shape index (κ3) is 14.5. The molecule has 0 heterocycles. The molecule has 0 atom stereocenters. The number of alkyl halides is 12. The second-order valence-corrected chi connectivity index (χ2v) is 21.3. The van der Waals surface area contributed by atoms with E-state index in [1.807, 2.05) is 114 Å². The van der Waals surface area contributed by atoms with Gasteiger partial charge in [0.1, 0.15) is 0 Å². The summed E-state index contributed by atoms with van der Waals surface area (Å²) in [5.74, 6) is -1.22. The fourth-order valence-electron chi connectivity index (χ4n) is 11.1. The number of aliphatic hydroxyl groups is 2. The number of carbonyl (C=O) groups is 2. The lowest BCUT2D eigenvalue weighted by Crippen LogP contribution is -2.57. The summed E-state index contributed by atoms with van der Waals surface area (Å²) in [6, 6.07) is 37.6. The number of hydrogen-bond donors (Lipinski definition) is 3. The normalized spacial score (nSPS) is 12.9. The first kappa shape index (κ1) is 67.1. The van der Waals surface area contributed by atoms with E-state index in [2.05, 4.69) is 12.1 Å². The molecule has 0 amide bonds. The number of ether oxygens (including phenoxy) is 1. The fourth-order valence-corrected chi connectivity index (χ4v) is 11.1. The van der Waals surface area contributed by atoms with Gasteiger partial charge < -0.3 is 20.1 Å². The first-order valence-corrected chi connectivity index (χ1v) is 27.1. The van der Waals surface area contributed by atoms with E-state index in [-0.39, 0.29) is 18.8 Å². The maximum atomic E-state index is 13.2. The molecule has 0 aromatic heterocycles. The summed E-state index contributed by atoms with van der Waals surface area (Å²) in [6.45, 7) is 15.5. The Hall–Kier alpha value is -6.66. The van der Waals surface area contributed by atoms with Crippen molar-refractivity contribution in [3.8, 4) is 22.3 Å². The fraction of sp³-hybridized carbons (Fsp3) is 0.415. The SMILES string of the molecule is CCC(CC)(c1ccc(CCC(O)(C(F)(F)F)C(F)(F)F)c(C)c1)c1ccc(-c2ccc(CC(=O)O)cc2)c(C)c1.CCC(CC)(c1ccc(CCC(O)(C(F)(F)F)C(F)(F)F)c(C)c1)c1ccc(-c2ccc(CC(=O)OC)cc2)c(C)c1. The third-order valence-corrected chi connectivity index (χ3v) is 16.6. The van der Waals surface area contributed by atoms with Crippen LogP contribution in [0.1, 0.15) is 133 Å². The Kier molecular flexibility index (Phi) is 21.1. The van der Waals surface area contributed by atoms with E-state index in [0.717, 1.165) is 61.2 Å². The zero-order valence-corrected chi connectivity index (χ0v) is 47.7. The number of hydrogen-bond acceptors (Lipinski definition) is 5. The van der Waals surface area contributed by atoms with Crippen LogP contribution in [-0.2, 0) is 50.8 Å². The molecule has 0 fully saturated rings. The van der Waals surface area contributed by atoms with E-state index < -0.39 is 78.4 Å². The highest BCUT2D eigenvalue weighted by atomic mass is 19.4. The molecule has 0 saturated heterocycles. The van der Waals surface area contributed by atoms with Crippen LogP contribution in [0.25, 0.3) is 22.3 Å². The number of rotatable bonds is 20. The van der Waals surface area contributed by atoms with Crippen molar-refractivity contribution >= 4 is 11.9 Å². The van der Waals surface area contributed by atoms with Crippen LogP contribution in [0.5, 0.6) is 0 Å². The van der Waals surface area contributed by atoms with E-state index in [9.17, 15) is 72.5 Å². The van der Waals surface area contributed by atoms with Crippen LogP contribution >= 0.6 is 0 Å². The van der Waals surface area contributed by atoms with Crippen LogP contribution in [0, 0.1) is 27.7 Å². The summed E-state index contributed by atoms with van der Waals surface area (Å²) in [6.07, 6.45) is -24.6. The molecule has 0 aliphatic carbocycles. The maximum Gasteiger partial charge on any atom is 0.426 e. The number of esters is 1. The Morgan fingerprint density at radius 3 is 0.964 bits per heavy atom. The highest BCUT2D eigenvalue weighted by Crippen LogP contribution is 2.49. The summed E-state index contributed by atoms with van der Waals surface area (Å²) in [4.78, 5) is 22.5. The minimum Gasteiger partial charge on any atom is -0.481 e. The van der Waals surface area contributed by atoms with Gasteiger partial charge in [-0.2, -0.15) is 52.7 Å². The minimum atomic E-state index is -5.84. The van der Waals surface area contributed by atoms with Gasteiger partial charge in [-0.1, -0.05) is 149 Å². The highest BCUT2D eigenvalue weighted by Gasteiger charge is 2.70. The number of aryl methyl sites for hydroxylation is 6. The summed E-state index contributed by atoms with van der Waals surface area (Å²) in [5.41, 5.74) is 2.72. The van der Waals surface area contributed by atoms with Crippen LogP contribution in [0.4, 0.5) is 52.7 Å². The van der Waals surface area contributed by atoms with Gasteiger partial charge in [-0.05, 0) is 168 Å². The number of benzene rings is 6. The Balaban J connectivity index is 0.000000304. The van der Waals surface area contributed by atoms with Gasteiger partial charge in [0.2, 0.25) is 0 Å². The molecule has 6 rings (SSSR count). The molecule has 6 nitrogen and oxygen atoms in total. The van der Waals surface area contributed by atoms with E-state index >= 15 is 0 Å². The number of aliphatic carboxylic acids is 1. The highest BCUT2D eigenvalue weighted by molar-refractivity contribution is 5.74. The Morgan fingerprint density at radius 2 is 0.711 bits per heavy atom. The van der Waals surface area contributed by atoms with E-state index in [4.69, 9.17) is 9.84 Å². The lowest BCUT2D eigenvalue weighted by atomic mass is 9.69. The van der Waals surface area contributed by atoms with Crippen LogP contribution in [-0.4, -0.2) is 70.3 Å². The van der Waals surface area contributed by atoms with Gasteiger partial charge in [-0.3, -0.25) is 9.59 Å². The molecular formula is C65H70F12O6. The summed E-state index contributed by atoms with van der Waals surface area (Å²) in [5, 5.41) is 28.1. The molecule has 6 aromatic carbocycles. The van der Waals surface area contributed by atoms with Crippen LogP contribution in [0.15, 0.2) is 121 Å². The number of carboxylic acids is 1. The first-order chi connectivity index (χ1) is 38.5. The molecule has 6 aromatic rings. The molecule has 18 heteroatoms. The largest absolute Gasteiger partial charge is 0.481 e. The van der Waals surface area contributed by atoms with Crippen LogP contribution in [0.3, 0.4) is 0 Å². The number of carboxylic acid groups (broad SMARTS) is 1. The average molecular weight is 1180 g/mol. The maximum absolute atomic E-state index is 13.2. The van der Waals surface area contributed by atoms with Gasteiger partial charge >= 0.3 is 36.6 Å². The minimum absolute atomic E-state index is 0.0581. The molecule has 0 aliphatic rings. The molecule has 3 N–H and O–H groups in total. The quantitative estimate of drug-likeness (QED) is 0.0520. The monoisotopic (exact) mass is 1170 g/mol. The van der Waals surface area contributed by atoms with Crippen LogP contribution < -0.4 is 0 Å². The Bertz CT molecular complexity index is 3160. The van der Waals surface area contributed by atoms with Crippen molar-refractivity contribution in [3.63, 3.8) is 0 Å². The number of halogens is 12. The van der Waals surface area contributed by atoms with Crippen molar-refractivity contribution in [1.82, 2.24) is 0 Å². The molecule has 83 heavy (non-hydrogen) atoms. The Morgan fingerprint density at radius 1 is 0.422 bits per heavy atom. The zero-order chi connectivity index (χ0) is 62.3. The topological polar surface area (TPSA) is 104 Å². The summed E-state index contributed by atoms with van der Waals surface area (Å²) in [7, 11) is 1.35. The molecular weight excluding hydrogens is 1100 g/mol. The predicted molar refractivity (Wildman–Crippen MR) is 296 cm³/mol. The van der Waals surface area contributed by atoms with Crippen molar-refractivity contribution in [2.24, 2.45) is 0 Å². The van der Waals surface area contributed by atoms with Crippen molar-refractivity contribution in [1.29, 1.82) is 0 Å². The van der Waals surface area contributed by atoms with Crippen molar-refractivity contribution in [2.45, 2.75) is 166 Å². The Labute approximate surface area is 476 Å². The van der Waals surface area contributed by atoms with Crippen molar-refractivity contribution < 1.29 is 82.3 Å². The predicted octanol–water partition coefficient (Wildman–Crippen LogP) is 17.1. The third-order valence-electron chi connectivity index (χ3n) is 16.6. The van der Waals surface area contributed by atoms with Gasteiger partial charge in [0.15, 0.2) is 0 Å². The average Bonchev–Trinajstić information content (AvgIpc) is 3.45.